The Morgan fingerprint density at radius 2 is 1.97 bits per heavy atom. The standard InChI is InChI=1S/C24H33F3N4O4S/c1-4-20(32)35-16-17(2)36-19-11-7-10-18(15-19)9-5-6-13-28-21-22(33)31(23(34)30(3)29-21)14-8-12-24(25,26)27/h7,10-11,15,17H,4-6,8-9,12-14,16H2,1-3H3,(H,28,29). The molecule has 1 N–H and O–H groups in total. The molecule has 1 aromatic carbocycles. The van der Waals surface area contributed by atoms with E-state index in [1.807, 2.05) is 25.1 Å². The lowest BCUT2D eigenvalue weighted by Crippen LogP contribution is -2.42. The highest BCUT2D eigenvalue weighted by molar-refractivity contribution is 8.00. The van der Waals surface area contributed by atoms with Crippen LogP contribution in [0.3, 0.4) is 0 Å². The van der Waals surface area contributed by atoms with Crippen molar-refractivity contribution in [1.29, 1.82) is 0 Å². The lowest BCUT2D eigenvalue weighted by molar-refractivity contribution is -0.143. The fourth-order valence-electron chi connectivity index (χ4n) is 3.38. The summed E-state index contributed by atoms with van der Waals surface area (Å²) in [5.41, 5.74) is -0.308. The average molecular weight is 531 g/mol. The molecule has 0 aliphatic heterocycles. The number of ether oxygens (including phenoxy) is 1. The Balaban J connectivity index is 1.84. The van der Waals surface area contributed by atoms with Gasteiger partial charge in [-0.2, -0.15) is 13.2 Å². The molecule has 200 valence electrons. The van der Waals surface area contributed by atoms with Crippen LogP contribution >= 0.6 is 11.8 Å². The van der Waals surface area contributed by atoms with Crippen LogP contribution in [-0.4, -0.2) is 44.9 Å². The smallest absolute Gasteiger partial charge is 0.389 e. The number of benzene rings is 1. The number of hydrogen-bond donors (Lipinski definition) is 1. The maximum Gasteiger partial charge on any atom is 0.389 e. The quantitative estimate of drug-likeness (QED) is 0.223. The van der Waals surface area contributed by atoms with E-state index >= 15 is 0 Å². The zero-order valence-corrected chi connectivity index (χ0v) is 21.6. The molecule has 0 saturated carbocycles. The third-order valence-electron chi connectivity index (χ3n) is 5.24. The molecule has 12 heteroatoms. The molecule has 0 spiro atoms. The minimum Gasteiger partial charge on any atom is -0.465 e. The Morgan fingerprint density at radius 1 is 1.22 bits per heavy atom. The number of aromatic nitrogens is 3. The molecule has 1 atom stereocenters. The number of unbranched alkanes of at least 4 members (excludes halogenated alkanes) is 1. The number of aryl methyl sites for hydroxylation is 2. The van der Waals surface area contributed by atoms with Crippen LogP contribution < -0.4 is 16.6 Å². The summed E-state index contributed by atoms with van der Waals surface area (Å²) in [6.07, 6.45) is -3.05. The van der Waals surface area contributed by atoms with Gasteiger partial charge in [0, 0.05) is 43.1 Å². The topological polar surface area (TPSA) is 95.2 Å². The first-order chi connectivity index (χ1) is 17.0. The highest BCUT2D eigenvalue weighted by Crippen LogP contribution is 2.25. The van der Waals surface area contributed by atoms with Gasteiger partial charge in [0.15, 0.2) is 0 Å². The summed E-state index contributed by atoms with van der Waals surface area (Å²) in [4.78, 5) is 37.1. The number of esters is 1. The molecule has 2 aromatic rings. The molecule has 0 fully saturated rings. The number of rotatable bonds is 14. The summed E-state index contributed by atoms with van der Waals surface area (Å²) in [5.74, 6) is -0.265. The Bertz CT molecular complexity index is 1120. The minimum atomic E-state index is -4.34. The molecule has 1 aromatic heterocycles. The third kappa shape index (κ3) is 10.1. The summed E-state index contributed by atoms with van der Waals surface area (Å²) in [6, 6.07) is 8.13. The second-order valence-electron chi connectivity index (χ2n) is 8.43. The van der Waals surface area contributed by atoms with E-state index in [-0.39, 0.29) is 30.0 Å². The lowest BCUT2D eigenvalue weighted by Gasteiger charge is -2.13. The number of nitrogens with zero attached hydrogens (tertiary/aromatic N) is 3. The van der Waals surface area contributed by atoms with Gasteiger partial charge in [-0.15, -0.1) is 16.9 Å². The molecule has 0 amide bonds. The van der Waals surface area contributed by atoms with Crippen molar-refractivity contribution in [1.82, 2.24) is 14.3 Å². The van der Waals surface area contributed by atoms with Crippen molar-refractivity contribution in [2.24, 2.45) is 7.05 Å². The van der Waals surface area contributed by atoms with Crippen molar-refractivity contribution in [3.8, 4) is 0 Å². The molecule has 0 radical (unpaired) electrons. The number of alkyl halides is 3. The van der Waals surface area contributed by atoms with E-state index in [1.165, 1.54) is 7.05 Å². The van der Waals surface area contributed by atoms with Crippen molar-refractivity contribution in [2.75, 3.05) is 18.5 Å². The van der Waals surface area contributed by atoms with E-state index in [2.05, 4.69) is 16.5 Å². The minimum absolute atomic E-state index is 0.0553. The fourth-order valence-corrected chi connectivity index (χ4v) is 4.36. The van der Waals surface area contributed by atoms with Crippen LogP contribution in [0.2, 0.25) is 0 Å². The van der Waals surface area contributed by atoms with E-state index in [1.54, 1.807) is 18.7 Å². The van der Waals surface area contributed by atoms with E-state index in [0.29, 0.717) is 19.6 Å². The fraction of sp³-hybridized carbons (Fsp3) is 0.583. The lowest BCUT2D eigenvalue weighted by atomic mass is 10.1. The summed E-state index contributed by atoms with van der Waals surface area (Å²) in [7, 11) is 1.35. The van der Waals surface area contributed by atoms with Crippen molar-refractivity contribution in [3.63, 3.8) is 0 Å². The normalized spacial score (nSPS) is 12.4. The van der Waals surface area contributed by atoms with Gasteiger partial charge in [-0.1, -0.05) is 19.1 Å². The van der Waals surface area contributed by atoms with Gasteiger partial charge in [0.1, 0.15) is 6.61 Å². The number of carbonyl (C=O) groups is 1. The summed E-state index contributed by atoms with van der Waals surface area (Å²) in [5, 5.41) is 6.96. The summed E-state index contributed by atoms with van der Waals surface area (Å²) < 4.78 is 44.2. The Kier molecular flexibility index (Phi) is 11.5. The predicted molar refractivity (Wildman–Crippen MR) is 133 cm³/mol. The molecule has 2 rings (SSSR count). The molecule has 8 nitrogen and oxygen atoms in total. The van der Waals surface area contributed by atoms with E-state index in [4.69, 9.17) is 4.74 Å². The monoisotopic (exact) mass is 530 g/mol. The molecule has 1 heterocycles. The zero-order chi connectivity index (χ0) is 26.7. The first-order valence-corrected chi connectivity index (χ1v) is 12.8. The van der Waals surface area contributed by atoms with Gasteiger partial charge >= 0.3 is 17.8 Å². The maximum absolute atomic E-state index is 12.5. The predicted octanol–water partition coefficient (Wildman–Crippen LogP) is 4.15. The van der Waals surface area contributed by atoms with Crippen molar-refractivity contribution < 1.29 is 22.7 Å². The highest BCUT2D eigenvalue weighted by atomic mass is 32.2. The van der Waals surface area contributed by atoms with E-state index < -0.39 is 23.8 Å². The molecule has 0 aliphatic carbocycles. The molecular formula is C24H33F3N4O4S. The Hall–Kier alpha value is -2.76. The van der Waals surface area contributed by atoms with Gasteiger partial charge in [-0.05, 0) is 50.3 Å². The average Bonchev–Trinajstić information content (AvgIpc) is 2.82. The van der Waals surface area contributed by atoms with Crippen molar-refractivity contribution in [3.05, 3.63) is 50.7 Å². The highest BCUT2D eigenvalue weighted by Gasteiger charge is 2.26. The molecular weight excluding hydrogens is 497 g/mol. The Morgan fingerprint density at radius 3 is 2.67 bits per heavy atom. The molecule has 0 bridgehead atoms. The van der Waals surface area contributed by atoms with Gasteiger partial charge in [0.25, 0.3) is 5.56 Å². The van der Waals surface area contributed by atoms with Gasteiger partial charge in [-0.3, -0.25) is 14.2 Å². The number of anilines is 1. The number of halogens is 3. The van der Waals surface area contributed by atoms with Crippen LogP contribution in [0, 0.1) is 0 Å². The molecule has 0 saturated heterocycles. The number of thioether (sulfide) groups is 1. The summed E-state index contributed by atoms with van der Waals surface area (Å²) >= 11 is 1.64. The van der Waals surface area contributed by atoms with Crippen LogP contribution in [0.25, 0.3) is 0 Å². The van der Waals surface area contributed by atoms with Gasteiger partial charge in [0.2, 0.25) is 5.82 Å². The SMILES string of the molecule is CCC(=O)OCC(C)Sc1cccc(CCCCNc2nn(C)c(=O)n(CCCC(F)(F)F)c2=O)c1. The number of carbonyl (C=O) groups excluding carboxylic acids is 1. The molecule has 0 aliphatic rings. The van der Waals surface area contributed by atoms with Crippen LogP contribution in [0.1, 0.15) is 51.5 Å². The third-order valence-corrected chi connectivity index (χ3v) is 6.30. The van der Waals surface area contributed by atoms with E-state index in [9.17, 15) is 27.6 Å². The second kappa shape index (κ2) is 14.1. The zero-order valence-electron chi connectivity index (χ0n) is 20.8. The van der Waals surface area contributed by atoms with Crippen LogP contribution in [0.4, 0.5) is 19.0 Å². The first kappa shape index (κ1) is 29.5. The van der Waals surface area contributed by atoms with Gasteiger partial charge < -0.3 is 10.1 Å². The number of nitrogens with one attached hydrogen (secondary N) is 1. The van der Waals surface area contributed by atoms with Gasteiger partial charge in [0.05, 0.1) is 0 Å². The van der Waals surface area contributed by atoms with Crippen molar-refractivity contribution in [2.45, 2.75) is 75.2 Å². The van der Waals surface area contributed by atoms with Crippen molar-refractivity contribution >= 4 is 23.5 Å². The van der Waals surface area contributed by atoms with Crippen LogP contribution in [0.15, 0.2) is 38.8 Å². The van der Waals surface area contributed by atoms with Crippen LogP contribution in [0.5, 0.6) is 0 Å². The van der Waals surface area contributed by atoms with Gasteiger partial charge in [-0.25, -0.2) is 9.48 Å². The van der Waals surface area contributed by atoms with Crippen LogP contribution in [-0.2, 0) is 29.5 Å². The first-order valence-electron chi connectivity index (χ1n) is 11.9. The summed E-state index contributed by atoms with van der Waals surface area (Å²) in [6.45, 7) is 4.23. The van der Waals surface area contributed by atoms with E-state index in [0.717, 1.165) is 39.0 Å². The molecule has 36 heavy (non-hydrogen) atoms. The maximum atomic E-state index is 12.5. The number of hydrogen-bond acceptors (Lipinski definition) is 7. The second-order valence-corrected chi connectivity index (χ2v) is 9.94. The Labute approximate surface area is 212 Å². The largest absolute Gasteiger partial charge is 0.465 e. The molecule has 1 unspecified atom stereocenters.